The highest BCUT2D eigenvalue weighted by Gasteiger charge is 2.04. The Kier molecular flexibility index (Phi) is 3.12. The summed E-state index contributed by atoms with van der Waals surface area (Å²) < 4.78 is 9.51. The zero-order chi connectivity index (χ0) is 9.68. The molecule has 68 valence electrons. The molecule has 0 spiro atoms. The summed E-state index contributed by atoms with van der Waals surface area (Å²) in [5, 5.41) is 8.99. The van der Waals surface area contributed by atoms with E-state index >= 15 is 0 Å². The predicted molar refractivity (Wildman–Crippen MR) is 49.4 cm³/mol. The van der Waals surface area contributed by atoms with Gasteiger partial charge in [0.05, 0.1) is 7.11 Å². The Morgan fingerprint density at radius 2 is 2.00 bits per heavy atom. The van der Waals surface area contributed by atoms with E-state index in [-0.39, 0.29) is 5.95 Å². The van der Waals surface area contributed by atoms with Crippen molar-refractivity contribution >= 4 is 5.78 Å². The molecule has 0 saturated heterocycles. The molecule has 0 saturated carbocycles. The molecule has 0 aromatic carbocycles. The number of carbonyl (C=O) groups excluding carboxylic acids is 1. The molecule has 1 aliphatic carbocycles. The lowest BCUT2D eigenvalue weighted by Gasteiger charge is -1.94. The molecule has 0 aromatic heterocycles. The topological polar surface area (TPSA) is 40.8 Å². The van der Waals surface area contributed by atoms with Crippen molar-refractivity contribution in [3.05, 3.63) is 41.6 Å². The van der Waals surface area contributed by atoms with E-state index in [9.17, 15) is 0 Å². The monoisotopic (exact) mass is 179 g/mol. The van der Waals surface area contributed by atoms with Gasteiger partial charge < -0.3 is 9.84 Å². The van der Waals surface area contributed by atoms with Gasteiger partial charge in [-0.15, -0.1) is 0 Å². The molecule has 0 aromatic rings. The van der Waals surface area contributed by atoms with Gasteiger partial charge in [0, 0.05) is 17.7 Å². The number of hydrogen-bond acceptors (Lipinski definition) is 2. The Labute approximate surface area is 76.6 Å². The van der Waals surface area contributed by atoms with Crippen LogP contribution in [-0.4, -0.2) is 25.1 Å². The Balaban J connectivity index is 2.92. The van der Waals surface area contributed by atoms with Gasteiger partial charge in [0.1, 0.15) is 0 Å². The maximum atomic E-state index is 8.99. The van der Waals surface area contributed by atoms with Crippen LogP contribution in [0, 0.1) is 0 Å². The van der Waals surface area contributed by atoms with E-state index in [0.717, 1.165) is 11.4 Å². The summed E-state index contributed by atoms with van der Waals surface area (Å²) in [6, 6.07) is 0. The first-order valence-corrected chi connectivity index (χ1v) is 3.77. The van der Waals surface area contributed by atoms with Crippen molar-refractivity contribution in [1.82, 2.24) is 0 Å². The van der Waals surface area contributed by atoms with Gasteiger partial charge in [-0.05, 0) is 17.9 Å². The second kappa shape index (κ2) is 4.33. The lowest BCUT2D eigenvalue weighted by molar-refractivity contribution is -0.417. The quantitative estimate of drug-likeness (QED) is 0.375. The fourth-order valence-corrected chi connectivity index (χ4v) is 0.849. The van der Waals surface area contributed by atoms with Crippen LogP contribution in [0.1, 0.15) is 0 Å². The molecule has 0 unspecified atom stereocenters. The lowest BCUT2D eigenvalue weighted by atomic mass is 10.1. The molecule has 3 nitrogen and oxygen atoms in total. The third kappa shape index (κ3) is 2.65. The maximum absolute atomic E-state index is 8.99. The third-order valence-corrected chi connectivity index (χ3v) is 1.53. The van der Waals surface area contributed by atoms with Gasteiger partial charge in [0.2, 0.25) is 0 Å². The summed E-state index contributed by atoms with van der Waals surface area (Å²) in [5.74, 6) is 0.535. The van der Waals surface area contributed by atoms with E-state index in [0.29, 0.717) is 0 Å². The van der Waals surface area contributed by atoms with Crippen LogP contribution < -0.4 is 0 Å². The zero-order valence-electron chi connectivity index (χ0n) is 7.57. The van der Waals surface area contributed by atoms with Crippen LogP contribution in [0.5, 0.6) is 0 Å². The molecule has 0 aliphatic heterocycles. The first-order chi connectivity index (χ1) is 6.26. The van der Waals surface area contributed by atoms with Crippen LogP contribution >= 0.6 is 0 Å². The molecule has 3 heteroatoms. The van der Waals surface area contributed by atoms with Crippen molar-refractivity contribution in [1.29, 1.82) is 0 Å². The molecule has 0 heterocycles. The van der Waals surface area contributed by atoms with Crippen molar-refractivity contribution in [3.63, 3.8) is 0 Å². The van der Waals surface area contributed by atoms with Crippen molar-refractivity contribution in [2.24, 2.45) is 0 Å². The fourth-order valence-electron chi connectivity index (χ4n) is 0.849. The van der Waals surface area contributed by atoms with Crippen LogP contribution in [0.25, 0.3) is 0 Å². The highest BCUT2D eigenvalue weighted by atomic mass is 16.6. The first-order valence-electron chi connectivity index (χ1n) is 3.77. The molecule has 1 N–H and O–H groups in total. The molecule has 0 bridgehead atoms. The molecular weight excluding hydrogens is 168 g/mol. The minimum atomic E-state index is -0.231. The standard InChI is InChI=1S/C10H10O3/c1-12-9-5-3-8(4-6-9)7-10(11)13-2/h3-6H,1-2H3/p+1. The number of aliphatic hydroxyl groups is 1. The van der Waals surface area contributed by atoms with Crippen molar-refractivity contribution in [2.75, 3.05) is 14.2 Å². The average molecular weight is 179 g/mol. The van der Waals surface area contributed by atoms with Crippen molar-refractivity contribution in [2.45, 2.75) is 0 Å². The highest BCUT2D eigenvalue weighted by molar-refractivity contribution is 6.01. The molecule has 0 atom stereocenters. The molecule has 1 rings (SSSR count). The third-order valence-electron chi connectivity index (χ3n) is 1.53. The second-order valence-electron chi connectivity index (χ2n) is 2.36. The van der Waals surface area contributed by atoms with E-state index in [1.165, 1.54) is 7.11 Å². The molecular formula is C10H11O3+. The summed E-state index contributed by atoms with van der Waals surface area (Å²) in [6.07, 6.45) is 7.11. The Morgan fingerprint density at radius 3 is 2.46 bits per heavy atom. The van der Waals surface area contributed by atoms with E-state index in [1.807, 2.05) is 0 Å². The normalized spacial score (nSPS) is 14.0. The van der Waals surface area contributed by atoms with Gasteiger partial charge in [-0.1, -0.05) is 0 Å². The lowest BCUT2D eigenvalue weighted by Crippen LogP contribution is -1.95. The summed E-state index contributed by atoms with van der Waals surface area (Å²) >= 11 is 0. The van der Waals surface area contributed by atoms with Crippen LogP contribution in [0.4, 0.5) is 0 Å². The van der Waals surface area contributed by atoms with Gasteiger partial charge in [0.25, 0.3) is 7.11 Å². The first kappa shape index (κ1) is 9.36. The fraction of sp³-hybridized carbons (Fsp3) is 0.200. The SMILES string of the molecule is COC(O)=C=C1C=CC(=[O+]C)C=C1. The van der Waals surface area contributed by atoms with Crippen LogP contribution in [0.3, 0.4) is 0 Å². The molecule has 1 aliphatic rings. The van der Waals surface area contributed by atoms with E-state index < -0.39 is 0 Å². The number of allylic oxidation sites excluding steroid dienone is 5. The second-order valence-corrected chi connectivity index (χ2v) is 2.36. The highest BCUT2D eigenvalue weighted by Crippen LogP contribution is 2.05. The summed E-state index contributed by atoms with van der Waals surface area (Å²) in [5.41, 5.74) is 3.37. The van der Waals surface area contributed by atoms with Gasteiger partial charge >= 0.3 is 11.7 Å². The number of aliphatic hydroxyl groups excluding tert-OH is 1. The molecule has 0 radical (unpaired) electrons. The molecule has 0 amide bonds. The minimum absolute atomic E-state index is 0.231. The Morgan fingerprint density at radius 1 is 1.38 bits per heavy atom. The number of ketones is 1. The number of hydrogen-bond donors (Lipinski definition) is 1. The van der Waals surface area contributed by atoms with E-state index in [1.54, 1.807) is 31.4 Å². The molecule has 13 heavy (non-hydrogen) atoms. The predicted octanol–water partition coefficient (Wildman–Crippen LogP) is 1.42. The van der Waals surface area contributed by atoms with Gasteiger partial charge in [-0.2, -0.15) is 0 Å². The Hall–Kier alpha value is -1.73. The summed E-state index contributed by atoms with van der Waals surface area (Å²) in [4.78, 5) is 0. The largest absolute Gasteiger partial charge is 0.475 e. The van der Waals surface area contributed by atoms with Crippen LogP contribution in [-0.2, 0) is 9.16 Å². The van der Waals surface area contributed by atoms with Crippen LogP contribution in [0.15, 0.2) is 41.6 Å². The van der Waals surface area contributed by atoms with E-state index in [2.05, 4.69) is 10.5 Å². The maximum Gasteiger partial charge on any atom is 0.343 e. The average Bonchev–Trinajstić information content (AvgIpc) is 2.19. The van der Waals surface area contributed by atoms with Gasteiger partial charge in [-0.3, -0.25) is 4.42 Å². The minimum Gasteiger partial charge on any atom is -0.475 e. The van der Waals surface area contributed by atoms with Gasteiger partial charge in [0.15, 0.2) is 0 Å². The van der Waals surface area contributed by atoms with Gasteiger partial charge in [-0.25, -0.2) is 0 Å². The van der Waals surface area contributed by atoms with Crippen molar-refractivity contribution < 1.29 is 14.3 Å². The summed E-state index contributed by atoms with van der Waals surface area (Å²) in [7, 11) is 2.98. The summed E-state index contributed by atoms with van der Waals surface area (Å²) in [6.45, 7) is 0. The zero-order valence-corrected chi connectivity index (χ0v) is 7.57. The number of methoxy groups -OCH3 is 1. The van der Waals surface area contributed by atoms with Crippen molar-refractivity contribution in [3.8, 4) is 0 Å². The molecule has 0 fully saturated rings. The van der Waals surface area contributed by atoms with Crippen LogP contribution in [0.2, 0.25) is 0 Å². The Bertz CT molecular complexity index is 321. The number of rotatable bonds is 1. The number of ether oxygens (including phenoxy) is 1. The smallest absolute Gasteiger partial charge is 0.343 e. The van der Waals surface area contributed by atoms with E-state index in [4.69, 9.17) is 9.53 Å².